The van der Waals surface area contributed by atoms with Crippen LogP contribution >= 0.6 is 11.6 Å². The summed E-state index contributed by atoms with van der Waals surface area (Å²) in [6.45, 7) is -0.258. The Labute approximate surface area is 163 Å². The van der Waals surface area contributed by atoms with Gasteiger partial charge in [-0.15, -0.1) is 0 Å². The van der Waals surface area contributed by atoms with Gasteiger partial charge in [0.05, 0.1) is 28.6 Å². The average molecular weight is 397 g/mol. The first kappa shape index (κ1) is 17.9. The molecule has 2 aromatic heterocycles. The molecule has 0 saturated carbocycles. The van der Waals surface area contributed by atoms with Crippen LogP contribution in [0.3, 0.4) is 0 Å². The van der Waals surface area contributed by atoms with Crippen molar-refractivity contribution in [1.82, 2.24) is 14.1 Å². The zero-order valence-electron chi connectivity index (χ0n) is 14.5. The Morgan fingerprint density at radius 3 is 2.71 bits per heavy atom. The fourth-order valence-electron chi connectivity index (χ4n) is 2.91. The predicted octanol–water partition coefficient (Wildman–Crippen LogP) is 3.62. The maximum absolute atomic E-state index is 13.4. The van der Waals surface area contributed by atoms with Crippen molar-refractivity contribution in [1.29, 1.82) is 0 Å². The number of halogens is 2. The topological polar surface area (TPSA) is 68.9 Å². The summed E-state index contributed by atoms with van der Waals surface area (Å²) in [7, 11) is 0. The highest BCUT2D eigenvalue weighted by Gasteiger charge is 2.12. The van der Waals surface area contributed by atoms with Gasteiger partial charge < -0.3 is 9.88 Å². The minimum atomic E-state index is -0.536. The van der Waals surface area contributed by atoms with Crippen molar-refractivity contribution in [2.75, 3.05) is 5.32 Å². The van der Waals surface area contributed by atoms with Crippen LogP contribution in [0.15, 0.2) is 72.0 Å². The molecule has 6 nitrogen and oxygen atoms in total. The number of fused-ring (bicyclic) bond motifs is 1. The number of amides is 1. The van der Waals surface area contributed by atoms with Gasteiger partial charge in [0.15, 0.2) is 0 Å². The van der Waals surface area contributed by atoms with E-state index >= 15 is 0 Å². The van der Waals surface area contributed by atoms with E-state index < -0.39 is 17.3 Å². The van der Waals surface area contributed by atoms with Crippen molar-refractivity contribution in [3.05, 3.63) is 88.4 Å². The molecule has 4 rings (SSSR count). The van der Waals surface area contributed by atoms with Crippen molar-refractivity contribution in [2.45, 2.75) is 6.54 Å². The van der Waals surface area contributed by atoms with Gasteiger partial charge in [-0.25, -0.2) is 9.37 Å². The largest absolute Gasteiger partial charge is 0.323 e. The number of benzene rings is 2. The average Bonchev–Trinajstić information content (AvgIpc) is 3.20. The molecule has 0 atom stereocenters. The molecule has 2 aromatic carbocycles. The fraction of sp³-hybridized carbons (Fsp3) is 0.0500. The Balaban J connectivity index is 1.62. The van der Waals surface area contributed by atoms with Gasteiger partial charge in [0.1, 0.15) is 12.4 Å². The first-order chi connectivity index (χ1) is 13.5. The third kappa shape index (κ3) is 3.52. The van der Waals surface area contributed by atoms with Gasteiger partial charge in [0.2, 0.25) is 5.91 Å². The molecule has 2 heterocycles. The van der Waals surface area contributed by atoms with E-state index in [0.29, 0.717) is 21.9 Å². The zero-order valence-corrected chi connectivity index (χ0v) is 15.2. The van der Waals surface area contributed by atoms with Gasteiger partial charge in [0.25, 0.3) is 5.56 Å². The lowest BCUT2D eigenvalue weighted by Crippen LogP contribution is -2.28. The summed E-state index contributed by atoms with van der Waals surface area (Å²) in [6.07, 6.45) is 4.93. The van der Waals surface area contributed by atoms with Crippen molar-refractivity contribution >= 4 is 34.1 Å². The molecule has 1 amide bonds. The van der Waals surface area contributed by atoms with Gasteiger partial charge in [-0.3, -0.25) is 14.2 Å². The van der Waals surface area contributed by atoms with E-state index in [2.05, 4.69) is 10.3 Å². The maximum atomic E-state index is 13.4. The zero-order chi connectivity index (χ0) is 19.7. The van der Waals surface area contributed by atoms with E-state index in [-0.39, 0.29) is 11.9 Å². The molecular weight excluding hydrogens is 383 g/mol. The van der Waals surface area contributed by atoms with E-state index in [4.69, 9.17) is 11.6 Å². The standard InChI is InChI=1S/C20H14ClFN4O2/c21-13-3-5-17(18(9-13)25-7-1-2-8-25)24-19(27)11-26-12-23-16-6-4-14(22)10-15(16)20(26)28/h1-10,12H,11H2,(H,24,27). The van der Waals surface area contributed by atoms with E-state index in [1.807, 2.05) is 29.1 Å². The van der Waals surface area contributed by atoms with Crippen LogP contribution in [0.1, 0.15) is 0 Å². The highest BCUT2D eigenvalue weighted by molar-refractivity contribution is 6.30. The van der Waals surface area contributed by atoms with E-state index in [1.54, 1.807) is 18.2 Å². The minimum absolute atomic E-state index is 0.120. The number of carbonyl (C=O) groups is 1. The Kier molecular flexibility index (Phi) is 4.67. The summed E-state index contributed by atoms with van der Waals surface area (Å²) >= 11 is 6.08. The van der Waals surface area contributed by atoms with E-state index in [1.165, 1.54) is 18.5 Å². The second-order valence-corrected chi connectivity index (χ2v) is 6.58. The molecule has 0 unspecified atom stereocenters. The fourth-order valence-corrected chi connectivity index (χ4v) is 3.07. The summed E-state index contributed by atoms with van der Waals surface area (Å²) in [4.78, 5) is 29.2. The number of rotatable bonds is 4. The Morgan fingerprint density at radius 1 is 1.14 bits per heavy atom. The van der Waals surface area contributed by atoms with Crippen LogP contribution in [0.4, 0.5) is 10.1 Å². The second kappa shape index (κ2) is 7.28. The summed E-state index contributed by atoms with van der Waals surface area (Å²) in [5.74, 6) is -0.957. The van der Waals surface area contributed by atoms with Crippen molar-refractivity contribution in [3.8, 4) is 5.69 Å². The second-order valence-electron chi connectivity index (χ2n) is 6.14. The molecule has 0 bridgehead atoms. The number of nitrogens with zero attached hydrogens (tertiary/aromatic N) is 3. The molecule has 0 aliphatic carbocycles. The van der Waals surface area contributed by atoms with Crippen LogP contribution in [0.25, 0.3) is 16.6 Å². The van der Waals surface area contributed by atoms with Crippen LogP contribution in [0.5, 0.6) is 0 Å². The third-order valence-electron chi connectivity index (χ3n) is 4.22. The monoisotopic (exact) mass is 396 g/mol. The van der Waals surface area contributed by atoms with Gasteiger partial charge in [-0.05, 0) is 48.5 Å². The smallest absolute Gasteiger partial charge is 0.261 e. The molecule has 0 spiro atoms. The highest BCUT2D eigenvalue weighted by Crippen LogP contribution is 2.24. The molecule has 8 heteroatoms. The number of hydrogen-bond acceptors (Lipinski definition) is 3. The molecule has 0 saturated heterocycles. The van der Waals surface area contributed by atoms with E-state index in [9.17, 15) is 14.0 Å². The summed E-state index contributed by atoms with van der Waals surface area (Å²) < 4.78 is 16.4. The van der Waals surface area contributed by atoms with Crippen LogP contribution in [-0.4, -0.2) is 20.0 Å². The molecule has 140 valence electrons. The summed E-state index contributed by atoms with van der Waals surface area (Å²) in [5, 5.41) is 3.43. The lowest BCUT2D eigenvalue weighted by Gasteiger charge is -2.13. The molecule has 0 radical (unpaired) electrons. The number of nitrogens with one attached hydrogen (secondary N) is 1. The summed E-state index contributed by atoms with van der Waals surface area (Å²) in [6, 6.07) is 12.6. The molecule has 4 aromatic rings. The molecule has 1 N–H and O–H groups in total. The lowest BCUT2D eigenvalue weighted by atomic mass is 10.2. The third-order valence-corrected chi connectivity index (χ3v) is 4.45. The van der Waals surface area contributed by atoms with Crippen LogP contribution in [0, 0.1) is 5.82 Å². The van der Waals surface area contributed by atoms with E-state index in [0.717, 1.165) is 10.6 Å². The number of aromatic nitrogens is 3. The Hall–Kier alpha value is -3.45. The van der Waals surface area contributed by atoms with Gasteiger partial charge in [0, 0.05) is 17.4 Å². The SMILES string of the molecule is O=C(Cn1cnc2ccc(F)cc2c1=O)Nc1ccc(Cl)cc1-n1cccc1. The Morgan fingerprint density at radius 2 is 1.93 bits per heavy atom. The van der Waals surface area contributed by atoms with Crippen molar-refractivity contribution in [2.24, 2.45) is 0 Å². The van der Waals surface area contributed by atoms with Crippen LogP contribution < -0.4 is 10.9 Å². The van der Waals surface area contributed by atoms with Gasteiger partial charge >= 0.3 is 0 Å². The van der Waals surface area contributed by atoms with Gasteiger partial charge in [-0.1, -0.05) is 11.6 Å². The number of hydrogen-bond donors (Lipinski definition) is 1. The van der Waals surface area contributed by atoms with Crippen molar-refractivity contribution < 1.29 is 9.18 Å². The molecule has 0 fully saturated rings. The Bertz CT molecular complexity index is 1230. The van der Waals surface area contributed by atoms with Crippen molar-refractivity contribution in [3.63, 3.8) is 0 Å². The minimum Gasteiger partial charge on any atom is -0.323 e. The highest BCUT2D eigenvalue weighted by atomic mass is 35.5. The molecular formula is C20H14ClFN4O2. The van der Waals surface area contributed by atoms with Crippen LogP contribution in [0.2, 0.25) is 5.02 Å². The predicted molar refractivity (Wildman–Crippen MR) is 105 cm³/mol. The first-order valence-electron chi connectivity index (χ1n) is 8.39. The number of anilines is 1. The normalized spacial score (nSPS) is 10.9. The lowest BCUT2D eigenvalue weighted by molar-refractivity contribution is -0.116. The van der Waals surface area contributed by atoms with Crippen LogP contribution in [-0.2, 0) is 11.3 Å². The maximum Gasteiger partial charge on any atom is 0.261 e. The summed E-state index contributed by atoms with van der Waals surface area (Å²) in [5.41, 5.74) is 1.12. The quantitative estimate of drug-likeness (QED) is 0.573. The van der Waals surface area contributed by atoms with Gasteiger partial charge in [-0.2, -0.15) is 0 Å². The molecule has 28 heavy (non-hydrogen) atoms. The molecule has 0 aliphatic rings. The number of carbonyl (C=O) groups excluding carboxylic acids is 1. The first-order valence-corrected chi connectivity index (χ1v) is 8.76. The molecule has 0 aliphatic heterocycles.